The molecule has 100 valence electrons. The average molecular weight is 301 g/mol. The van der Waals surface area contributed by atoms with Crippen LogP contribution in [0, 0.1) is 0 Å². The number of carboxylic acid groups (broad SMARTS) is 1. The number of nitrogens with zero attached hydrogens (tertiary/aromatic N) is 2. The molecule has 0 radical (unpaired) electrons. The summed E-state index contributed by atoms with van der Waals surface area (Å²) in [6, 6.07) is 4.97. The molecule has 0 saturated heterocycles. The highest BCUT2D eigenvalue weighted by Crippen LogP contribution is 2.28. The van der Waals surface area contributed by atoms with Gasteiger partial charge in [-0.3, -0.25) is 4.79 Å². The van der Waals surface area contributed by atoms with Crippen LogP contribution in [0.5, 0.6) is 0 Å². The van der Waals surface area contributed by atoms with Crippen LogP contribution in [-0.4, -0.2) is 21.2 Å². The summed E-state index contributed by atoms with van der Waals surface area (Å²) in [4.78, 5) is 14.6. The Bertz CT molecular complexity index is 598. The lowest BCUT2D eigenvalue weighted by Crippen LogP contribution is -1.96. The van der Waals surface area contributed by atoms with Crippen molar-refractivity contribution in [1.29, 1.82) is 0 Å². The van der Waals surface area contributed by atoms with Gasteiger partial charge >= 0.3 is 5.97 Å². The second kappa shape index (κ2) is 6.04. The molecule has 0 aliphatic rings. The molecular formula is C12H10Cl2N2O3. The summed E-state index contributed by atoms with van der Waals surface area (Å²) in [7, 11) is 0. The maximum absolute atomic E-state index is 10.4. The number of carbonyl (C=O) groups is 1. The summed E-state index contributed by atoms with van der Waals surface area (Å²) >= 11 is 11.9. The molecule has 0 spiro atoms. The molecular weight excluding hydrogens is 291 g/mol. The lowest BCUT2D eigenvalue weighted by atomic mass is 10.2. The smallest absolute Gasteiger partial charge is 0.303 e. The number of carboxylic acids is 1. The summed E-state index contributed by atoms with van der Waals surface area (Å²) in [5.74, 6) is -0.122. The van der Waals surface area contributed by atoms with Crippen LogP contribution in [0.4, 0.5) is 0 Å². The molecule has 0 saturated carbocycles. The van der Waals surface area contributed by atoms with Gasteiger partial charge in [-0.2, -0.15) is 4.98 Å². The van der Waals surface area contributed by atoms with Gasteiger partial charge in [0.15, 0.2) is 0 Å². The van der Waals surface area contributed by atoms with E-state index in [1.54, 1.807) is 18.2 Å². The molecule has 0 atom stereocenters. The van der Waals surface area contributed by atoms with Crippen molar-refractivity contribution >= 4 is 29.2 Å². The largest absolute Gasteiger partial charge is 0.481 e. The first-order valence-electron chi connectivity index (χ1n) is 5.56. The monoisotopic (exact) mass is 300 g/mol. The fourth-order valence-corrected chi connectivity index (χ4v) is 1.90. The van der Waals surface area contributed by atoms with E-state index in [1.165, 1.54) is 0 Å². The van der Waals surface area contributed by atoms with Crippen molar-refractivity contribution in [2.45, 2.75) is 19.3 Å². The fraction of sp³-hybridized carbons (Fsp3) is 0.250. The molecule has 1 N–H and O–H groups in total. The number of halogens is 2. The van der Waals surface area contributed by atoms with Crippen molar-refractivity contribution in [2.24, 2.45) is 0 Å². The van der Waals surface area contributed by atoms with Gasteiger partial charge in [-0.1, -0.05) is 28.4 Å². The van der Waals surface area contributed by atoms with Gasteiger partial charge < -0.3 is 9.63 Å². The van der Waals surface area contributed by atoms with Crippen LogP contribution < -0.4 is 0 Å². The van der Waals surface area contributed by atoms with Crippen molar-refractivity contribution < 1.29 is 14.4 Å². The lowest BCUT2D eigenvalue weighted by Gasteiger charge is -1.98. The molecule has 1 aromatic heterocycles. The number of benzene rings is 1. The number of aryl methyl sites for hydroxylation is 1. The number of hydrogen-bond acceptors (Lipinski definition) is 4. The predicted octanol–water partition coefficient (Wildman–Crippen LogP) is 3.45. The van der Waals surface area contributed by atoms with Crippen molar-refractivity contribution in [3.8, 4) is 11.4 Å². The van der Waals surface area contributed by atoms with E-state index >= 15 is 0 Å². The summed E-state index contributed by atoms with van der Waals surface area (Å²) in [5, 5.41) is 13.4. The molecule has 5 nitrogen and oxygen atoms in total. The third-order valence-electron chi connectivity index (χ3n) is 2.42. The van der Waals surface area contributed by atoms with Crippen molar-refractivity contribution in [3.05, 3.63) is 34.1 Å². The Balaban J connectivity index is 2.12. The zero-order valence-electron chi connectivity index (χ0n) is 9.77. The van der Waals surface area contributed by atoms with Crippen LogP contribution in [0.3, 0.4) is 0 Å². The van der Waals surface area contributed by atoms with E-state index in [-0.39, 0.29) is 6.42 Å². The fourth-order valence-electron chi connectivity index (χ4n) is 1.53. The van der Waals surface area contributed by atoms with E-state index in [9.17, 15) is 4.79 Å². The normalized spacial score (nSPS) is 10.6. The molecule has 1 heterocycles. The van der Waals surface area contributed by atoms with Gasteiger partial charge in [0.05, 0.1) is 5.02 Å². The minimum atomic E-state index is -0.849. The standard InChI is InChI=1S/C12H10Cl2N2O3/c13-7-4-5-9(14)8(6-7)12-15-10(19-16-12)2-1-3-11(17)18/h4-6H,1-3H2,(H,17,18). The first kappa shape index (κ1) is 13.8. The maximum atomic E-state index is 10.4. The molecule has 0 bridgehead atoms. The number of aromatic nitrogens is 2. The highest BCUT2D eigenvalue weighted by atomic mass is 35.5. The molecule has 0 aliphatic heterocycles. The molecule has 0 amide bonds. The van der Waals surface area contributed by atoms with E-state index in [0.717, 1.165) is 0 Å². The minimum Gasteiger partial charge on any atom is -0.481 e. The third kappa shape index (κ3) is 3.68. The van der Waals surface area contributed by atoms with E-state index in [4.69, 9.17) is 32.8 Å². The first-order valence-corrected chi connectivity index (χ1v) is 6.31. The lowest BCUT2D eigenvalue weighted by molar-refractivity contribution is -0.137. The second-order valence-electron chi connectivity index (χ2n) is 3.88. The average Bonchev–Trinajstić information content (AvgIpc) is 2.80. The van der Waals surface area contributed by atoms with Gasteiger partial charge in [-0.15, -0.1) is 0 Å². The molecule has 0 aliphatic carbocycles. The summed E-state index contributed by atoms with van der Waals surface area (Å²) in [5.41, 5.74) is 0.586. The van der Waals surface area contributed by atoms with Crippen LogP contribution in [0.2, 0.25) is 10.0 Å². The Hall–Kier alpha value is -1.59. The quantitative estimate of drug-likeness (QED) is 0.915. The third-order valence-corrected chi connectivity index (χ3v) is 2.98. The minimum absolute atomic E-state index is 0.0651. The Kier molecular flexibility index (Phi) is 4.39. The van der Waals surface area contributed by atoms with Crippen LogP contribution in [0.1, 0.15) is 18.7 Å². The van der Waals surface area contributed by atoms with E-state index in [1.807, 2.05) is 0 Å². The number of hydrogen-bond donors (Lipinski definition) is 1. The van der Waals surface area contributed by atoms with Crippen LogP contribution in [0.25, 0.3) is 11.4 Å². The van der Waals surface area contributed by atoms with Gasteiger partial charge in [-0.25, -0.2) is 0 Å². The predicted molar refractivity (Wildman–Crippen MR) is 70.3 cm³/mol. The van der Waals surface area contributed by atoms with Crippen LogP contribution in [-0.2, 0) is 11.2 Å². The van der Waals surface area contributed by atoms with Crippen molar-refractivity contribution in [2.75, 3.05) is 0 Å². The summed E-state index contributed by atoms with van der Waals surface area (Å²) in [6.07, 6.45) is 0.924. The highest BCUT2D eigenvalue weighted by Gasteiger charge is 2.12. The molecule has 7 heteroatoms. The van der Waals surface area contributed by atoms with Gasteiger partial charge in [0.1, 0.15) is 0 Å². The first-order chi connectivity index (χ1) is 9.06. The van der Waals surface area contributed by atoms with E-state index in [0.29, 0.717) is 40.2 Å². The Morgan fingerprint density at radius 1 is 1.37 bits per heavy atom. The zero-order valence-corrected chi connectivity index (χ0v) is 11.3. The topological polar surface area (TPSA) is 76.2 Å². The zero-order chi connectivity index (χ0) is 13.8. The van der Waals surface area contributed by atoms with Gasteiger partial charge in [0, 0.05) is 23.4 Å². The van der Waals surface area contributed by atoms with E-state index in [2.05, 4.69) is 10.1 Å². The van der Waals surface area contributed by atoms with Gasteiger partial charge in [0.25, 0.3) is 0 Å². The SMILES string of the molecule is O=C(O)CCCc1nc(-c2cc(Cl)ccc2Cl)no1. The van der Waals surface area contributed by atoms with Crippen molar-refractivity contribution in [3.63, 3.8) is 0 Å². The Labute approximate surface area is 119 Å². The molecule has 1 aromatic carbocycles. The number of aliphatic carboxylic acids is 1. The van der Waals surface area contributed by atoms with Gasteiger partial charge in [-0.05, 0) is 24.6 Å². The summed E-state index contributed by atoms with van der Waals surface area (Å²) in [6.45, 7) is 0. The highest BCUT2D eigenvalue weighted by molar-refractivity contribution is 6.35. The van der Waals surface area contributed by atoms with Gasteiger partial charge in [0.2, 0.25) is 11.7 Å². The maximum Gasteiger partial charge on any atom is 0.303 e. The molecule has 19 heavy (non-hydrogen) atoms. The Morgan fingerprint density at radius 3 is 2.89 bits per heavy atom. The van der Waals surface area contributed by atoms with E-state index < -0.39 is 5.97 Å². The van der Waals surface area contributed by atoms with Crippen molar-refractivity contribution in [1.82, 2.24) is 10.1 Å². The number of rotatable bonds is 5. The molecule has 2 rings (SSSR count). The van der Waals surface area contributed by atoms with Crippen LogP contribution >= 0.6 is 23.2 Å². The summed E-state index contributed by atoms with van der Waals surface area (Å²) < 4.78 is 5.04. The molecule has 2 aromatic rings. The van der Waals surface area contributed by atoms with Crippen LogP contribution in [0.15, 0.2) is 22.7 Å². The molecule has 0 unspecified atom stereocenters. The molecule has 0 fully saturated rings. The second-order valence-corrected chi connectivity index (χ2v) is 4.73. The Morgan fingerprint density at radius 2 is 2.16 bits per heavy atom.